The summed E-state index contributed by atoms with van der Waals surface area (Å²) in [6.45, 7) is 8.48. The summed E-state index contributed by atoms with van der Waals surface area (Å²) in [7, 11) is 0. The van der Waals surface area contributed by atoms with Crippen LogP contribution in [-0.2, 0) is 5.54 Å². The molecule has 0 amide bonds. The molecule has 0 bridgehead atoms. The summed E-state index contributed by atoms with van der Waals surface area (Å²) in [5.41, 5.74) is 12.3. The Bertz CT molecular complexity index is 615. The molecule has 2 rings (SSSR count). The van der Waals surface area contributed by atoms with E-state index in [1.807, 2.05) is 12.1 Å². The summed E-state index contributed by atoms with van der Waals surface area (Å²) in [4.78, 5) is 0. The smallest absolute Gasteiger partial charge is 0.0639 e. The van der Waals surface area contributed by atoms with Crippen LogP contribution in [0.5, 0.6) is 0 Å². The van der Waals surface area contributed by atoms with Crippen LogP contribution in [0, 0.1) is 20.8 Å². The Hall–Kier alpha value is -1.12. The zero-order valence-corrected chi connectivity index (χ0v) is 13.5. The molecule has 0 saturated heterocycles. The molecule has 0 radical (unpaired) electrons. The summed E-state index contributed by atoms with van der Waals surface area (Å²) in [5, 5.41) is 0. The third-order valence-corrected chi connectivity index (χ3v) is 4.32. The number of aryl methyl sites for hydroxylation is 3. The van der Waals surface area contributed by atoms with E-state index in [1.165, 1.54) is 22.3 Å². The van der Waals surface area contributed by atoms with Crippen molar-refractivity contribution in [1.82, 2.24) is 0 Å². The first-order valence-electron chi connectivity index (χ1n) is 6.45. The molecule has 0 spiro atoms. The number of halogens is 1. The van der Waals surface area contributed by atoms with Crippen molar-refractivity contribution in [2.75, 3.05) is 0 Å². The molecule has 0 aliphatic carbocycles. The molecule has 2 aromatic carbocycles. The van der Waals surface area contributed by atoms with E-state index in [0.717, 1.165) is 10.0 Å². The van der Waals surface area contributed by atoms with Gasteiger partial charge in [-0.3, -0.25) is 0 Å². The lowest BCUT2D eigenvalue weighted by atomic mass is 9.82. The fraction of sp³-hybridized carbons (Fsp3) is 0.294. The van der Waals surface area contributed by atoms with Crippen LogP contribution in [0.1, 0.15) is 34.7 Å². The van der Waals surface area contributed by atoms with Crippen LogP contribution in [0.2, 0.25) is 0 Å². The Balaban J connectivity index is 2.59. The molecule has 1 unspecified atom stereocenters. The van der Waals surface area contributed by atoms with Crippen LogP contribution in [0.4, 0.5) is 0 Å². The molecule has 2 aromatic rings. The van der Waals surface area contributed by atoms with E-state index < -0.39 is 5.54 Å². The number of nitrogens with two attached hydrogens (primary N) is 1. The van der Waals surface area contributed by atoms with E-state index in [9.17, 15) is 0 Å². The van der Waals surface area contributed by atoms with Gasteiger partial charge in [0.05, 0.1) is 5.54 Å². The van der Waals surface area contributed by atoms with Crippen LogP contribution in [0.3, 0.4) is 0 Å². The van der Waals surface area contributed by atoms with Gasteiger partial charge in [-0.25, -0.2) is 0 Å². The minimum atomic E-state index is -0.480. The van der Waals surface area contributed by atoms with Gasteiger partial charge in [-0.15, -0.1) is 0 Å². The van der Waals surface area contributed by atoms with E-state index in [0.29, 0.717) is 0 Å². The molecule has 2 heteroatoms. The van der Waals surface area contributed by atoms with E-state index in [2.05, 4.69) is 67.9 Å². The maximum atomic E-state index is 6.63. The molecular formula is C17H20BrN. The van der Waals surface area contributed by atoms with Gasteiger partial charge in [-0.2, -0.15) is 0 Å². The predicted octanol–water partition coefficient (Wildman–Crippen LogP) is 4.60. The molecule has 19 heavy (non-hydrogen) atoms. The fourth-order valence-electron chi connectivity index (χ4n) is 2.49. The number of benzene rings is 2. The van der Waals surface area contributed by atoms with Crippen LogP contribution in [0.15, 0.2) is 40.9 Å². The molecule has 0 aromatic heterocycles. The first kappa shape index (κ1) is 14.3. The first-order chi connectivity index (χ1) is 8.82. The molecule has 100 valence electrons. The van der Waals surface area contributed by atoms with E-state index in [1.54, 1.807) is 0 Å². The predicted molar refractivity (Wildman–Crippen MR) is 85.4 cm³/mol. The van der Waals surface area contributed by atoms with Crippen LogP contribution < -0.4 is 5.73 Å². The SMILES string of the molecule is Cc1cc(C)c(C(C)(N)c2cccc(Br)c2)cc1C. The minimum Gasteiger partial charge on any atom is -0.318 e. The molecule has 0 heterocycles. The summed E-state index contributed by atoms with van der Waals surface area (Å²) < 4.78 is 1.06. The number of hydrogen-bond acceptors (Lipinski definition) is 1. The zero-order chi connectivity index (χ0) is 14.2. The Morgan fingerprint density at radius 1 is 0.947 bits per heavy atom. The van der Waals surface area contributed by atoms with Gasteiger partial charge in [-0.1, -0.05) is 40.2 Å². The second-order valence-electron chi connectivity index (χ2n) is 5.46. The highest BCUT2D eigenvalue weighted by atomic mass is 79.9. The Morgan fingerprint density at radius 2 is 1.58 bits per heavy atom. The number of hydrogen-bond donors (Lipinski definition) is 1. The van der Waals surface area contributed by atoms with Gasteiger partial charge in [0.15, 0.2) is 0 Å². The van der Waals surface area contributed by atoms with Gasteiger partial charge < -0.3 is 5.73 Å². The average molecular weight is 318 g/mol. The van der Waals surface area contributed by atoms with Crippen molar-refractivity contribution in [3.63, 3.8) is 0 Å². The second-order valence-corrected chi connectivity index (χ2v) is 6.38. The highest BCUT2D eigenvalue weighted by Gasteiger charge is 2.26. The summed E-state index contributed by atoms with van der Waals surface area (Å²) in [5.74, 6) is 0. The van der Waals surface area contributed by atoms with Crippen molar-refractivity contribution < 1.29 is 0 Å². The highest BCUT2D eigenvalue weighted by molar-refractivity contribution is 9.10. The Morgan fingerprint density at radius 3 is 2.21 bits per heavy atom. The van der Waals surface area contributed by atoms with Gasteiger partial charge in [0.25, 0.3) is 0 Å². The molecule has 0 saturated carbocycles. The van der Waals surface area contributed by atoms with Crippen LogP contribution in [0.25, 0.3) is 0 Å². The minimum absolute atomic E-state index is 0.480. The summed E-state index contributed by atoms with van der Waals surface area (Å²) in [6.07, 6.45) is 0. The van der Waals surface area contributed by atoms with Gasteiger partial charge in [0, 0.05) is 4.47 Å². The molecule has 0 fully saturated rings. The Labute approximate surface area is 124 Å². The molecular weight excluding hydrogens is 298 g/mol. The van der Waals surface area contributed by atoms with E-state index in [4.69, 9.17) is 5.73 Å². The van der Waals surface area contributed by atoms with E-state index in [-0.39, 0.29) is 0 Å². The standard InChI is InChI=1S/C17H20BrN/c1-11-8-13(3)16(9-12(11)2)17(4,19)14-6-5-7-15(18)10-14/h5-10H,19H2,1-4H3. The second kappa shape index (κ2) is 5.10. The molecule has 1 atom stereocenters. The van der Waals surface area contributed by atoms with Crippen molar-refractivity contribution in [1.29, 1.82) is 0 Å². The largest absolute Gasteiger partial charge is 0.318 e. The third-order valence-electron chi connectivity index (χ3n) is 3.82. The molecule has 1 nitrogen and oxygen atoms in total. The van der Waals surface area contributed by atoms with Crippen molar-refractivity contribution in [2.24, 2.45) is 5.73 Å². The first-order valence-corrected chi connectivity index (χ1v) is 7.25. The van der Waals surface area contributed by atoms with Crippen LogP contribution in [-0.4, -0.2) is 0 Å². The van der Waals surface area contributed by atoms with E-state index >= 15 is 0 Å². The average Bonchev–Trinajstić information content (AvgIpc) is 2.33. The Kier molecular flexibility index (Phi) is 3.84. The quantitative estimate of drug-likeness (QED) is 0.860. The van der Waals surface area contributed by atoms with Gasteiger partial charge in [0.2, 0.25) is 0 Å². The maximum Gasteiger partial charge on any atom is 0.0639 e. The normalized spacial score (nSPS) is 14.2. The molecule has 2 N–H and O–H groups in total. The summed E-state index contributed by atoms with van der Waals surface area (Å²) in [6, 6.07) is 12.7. The van der Waals surface area contributed by atoms with Crippen molar-refractivity contribution >= 4 is 15.9 Å². The fourth-order valence-corrected chi connectivity index (χ4v) is 2.89. The van der Waals surface area contributed by atoms with Crippen molar-refractivity contribution in [3.8, 4) is 0 Å². The zero-order valence-electron chi connectivity index (χ0n) is 11.9. The topological polar surface area (TPSA) is 26.0 Å². The third kappa shape index (κ3) is 2.75. The van der Waals surface area contributed by atoms with Gasteiger partial charge in [-0.05, 0) is 67.6 Å². The highest BCUT2D eigenvalue weighted by Crippen LogP contribution is 2.31. The maximum absolute atomic E-state index is 6.63. The van der Waals surface area contributed by atoms with Gasteiger partial charge in [0.1, 0.15) is 0 Å². The number of rotatable bonds is 2. The molecule has 0 aliphatic heterocycles. The molecule has 0 aliphatic rings. The van der Waals surface area contributed by atoms with Gasteiger partial charge >= 0.3 is 0 Å². The lowest BCUT2D eigenvalue weighted by Gasteiger charge is -2.29. The lowest BCUT2D eigenvalue weighted by Crippen LogP contribution is -2.35. The monoisotopic (exact) mass is 317 g/mol. The van der Waals surface area contributed by atoms with Crippen molar-refractivity contribution in [2.45, 2.75) is 33.2 Å². The van der Waals surface area contributed by atoms with Crippen molar-refractivity contribution in [3.05, 3.63) is 68.7 Å². The lowest BCUT2D eigenvalue weighted by molar-refractivity contribution is 0.597. The summed E-state index contributed by atoms with van der Waals surface area (Å²) >= 11 is 3.52. The van der Waals surface area contributed by atoms with Crippen LogP contribution >= 0.6 is 15.9 Å².